The molecule has 2 rings (SSSR count). The summed E-state index contributed by atoms with van der Waals surface area (Å²) in [4.78, 5) is 4.22. The Morgan fingerprint density at radius 1 is 0.905 bits per heavy atom. The fourth-order valence-corrected chi connectivity index (χ4v) is 1.07. The van der Waals surface area contributed by atoms with Gasteiger partial charge >= 0.3 is 0 Å². The number of aliphatic hydroxyl groups is 2. The Hall–Kier alpha value is -1.02. The summed E-state index contributed by atoms with van der Waals surface area (Å²) in [6.45, 7) is 6.31. The van der Waals surface area contributed by atoms with E-state index in [0.29, 0.717) is 0 Å². The second kappa shape index (κ2) is 8.43. The van der Waals surface area contributed by atoms with E-state index in [1.54, 1.807) is 33.9 Å². The van der Waals surface area contributed by atoms with E-state index >= 15 is 0 Å². The maximum absolute atomic E-state index is 9.10. The molecule has 118 valence electrons. The van der Waals surface area contributed by atoms with Crippen molar-refractivity contribution in [2.45, 2.75) is 38.9 Å². The summed E-state index contributed by atoms with van der Waals surface area (Å²) in [5, 5.41) is 18.2. The van der Waals surface area contributed by atoms with E-state index < -0.39 is 11.2 Å². The van der Waals surface area contributed by atoms with E-state index in [-0.39, 0.29) is 21.1 Å². The number of nitrogens with zero attached hydrogens (tertiary/aromatic N) is 1. The monoisotopic (exact) mass is 467 g/mol. The number of pyridine rings is 1. The van der Waals surface area contributed by atoms with Gasteiger partial charge in [0.15, 0.2) is 0 Å². The molecule has 3 nitrogen and oxygen atoms in total. The molecule has 0 aliphatic heterocycles. The van der Waals surface area contributed by atoms with E-state index in [0.717, 1.165) is 11.3 Å². The molecule has 1 heterocycles. The Morgan fingerprint density at radius 2 is 1.48 bits per heavy atom. The van der Waals surface area contributed by atoms with Gasteiger partial charge in [0.25, 0.3) is 0 Å². The number of hydrogen-bond donors (Lipinski definition) is 2. The van der Waals surface area contributed by atoms with Crippen LogP contribution in [-0.4, -0.2) is 26.4 Å². The number of aromatic nitrogens is 1. The van der Waals surface area contributed by atoms with Crippen molar-refractivity contribution in [3.05, 3.63) is 54.7 Å². The van der Waals surface area contributed by atoms with Crippen molar-refractivity contribution in [1.82, 2.24) is 4.98 Å². The molecule has 2 N–H and O–H groups in total. The minimum atomic E-state index is -1.01. The van der Waals surface area contributed by atoms with Gasteiger partial charge in [0.05, 0.1) is 11.2 Å². The van der Waals surface area contributed by atoms with Crippen LogP contribution in [0.5, 0.6) is 0 Å². The van der Waals surface area contributed by atoms with Crippen LogP contribution in [0.1, 0.15) is 27.7 Å². The Labute approximate surface area is 141 Å². The van der Waals surface area contributed by atoms with E-state index in [4.69, 9.17) is 10.2 Å². The maximum atomic E-state index is 9.10. The van der Waals surface area contributed by atoms with E-state index in [1.165, 1.54) is 0 Å². The van der Waals surface area contributed by atoms with Gasteiger partial charge in [0, 0.05) is 27.3 Å². The summed E-state index contributed by atoms with van der Waals surface area (Å²) < 4.78 is 0. The molecule has 0 spiro atoms. The maximum Gasteiger partial charge on any atom is 0.0872 e. The second-order valence-electron chi connectivity index (χ2n) is 5.61. The van der Waals surface area contributed by atoms with Crippen molar-refractivity contribution in [3.63, 3.8) is 0 Å². The first-order valence-corrected chi connectivity index (χ1v) is 6.55. The average molecular weight is 467 g/mol. The Morgan fingerprint density at radius 3 is 1.86 bits per heavy atom. The third-order valence-corrected chi connectivity index (χ3v) is 3.15. The van der Waals surface area contributed by atoms with Gasteiger partial charge in [0.1, 0.15) is 0 Å². The molecule has 0 amide bonds. The van der Waals surface area contributed by atoms with Crippen molar-refractivity contribution < 1.29 is 31.3 Å². The molecule has 0 saturated heterocycles. The zero-order chi connectivity index (χ0) is 15.2. The number of benzene rings is 1. The van der Waals surface area contributed by atoms with Gasteiger partial charge in [-0.2, -0.15) is 0 Å². The molecule has 0 fully saturated rings. The van der Waals surface area contributed by atoms with Gasteiger partial charge in [0.2, 0.25) is 0 Å². The minimum absolute atomic E-state index is 0. The van der Waals surface area contributed by atoms with Gasteiger partial charge in [-0.05, 0) is 39.5 Å². The quantitative estimate of drug-likeness (QED) is 0.668. The third-order valence-electron chi connectivity index (χ3n) is 3.15. The zero-order valence-electron chi connectivity index (χ0n) is 12.8. The molecule has 0 atom stereocenters. The molecule has 2 aromatic rings. The molecule has 0 unspecified atom stereocenters. The second-order valence-corrected chi connectivity index (χ2v) is 5.61. The number of rotatable bonds is 2. The van der Waals surface area contributed by atoms with Gasteiger partial charge in [-0.3, -0.25) is 0 Å². The molecule has 0 aliphatic carbocycles. The fraction of sp³-hybridized carbons (Fsp3) is 0.353. The van der Waals surface area contributed by atoms with Crippen molar-refractivity contribution in [3.8, 4) is 11.3 Å². The summed E-state index contributed by atoms with van der Waals surface area (Å²) in [5.74, 6) is 0. The molecule has 0 radical (unpaired) electrons. The van der Waals surface area contributed by atoms with Gasteiger partial charge < -0.3 is 15.2 Å². The molecule has 0 bridgehead atoms. The van der Waals surface area contributed by atoms with Crippen LogP contribution in [0.25, 0.3) is 11.3 Å². The average Bonchev–Trinajstić information content (AvgIpc) is 2.39. The molecule has 0 saturated carbocycles. The van der Waals surface area contributed by atoms with Crippen LogP contribution in [0.4, 0.5) is 0 Å². The summed E-state index contributed by atoms with van der Waals surface area (Å²) in [7, 11) is 0. The van der Waals surface area contributed by atoms with E-state index in [9.17, 15) is 0 Å². The summed E-state index contributed by atoms with van der Waals surface area (Å²) in [6.07, 6.45) is 1.79. The topological polar surface area (TPSA) is 53.4 Å². The van der Waals surface area contributed by atoms with Crippen LogP contribution >= 0.6 is 0 Å². The molecule has 0 aliphatic rings. The normalized spacial score (nSPS) is 11.0. The van der Waals surface area contributed by atoms with Crippen molar-refractivity contribution in [1.29, 1.82) is 0 Å². The van der Waals surface area contributed by atoms with Gasteiger partial charge in [-0.1, -0.05) is 12.1 Å². The van der Waals surface area contributed by atoms with E-state index in [1.807, 2.05) is 42.5 Å². The van der Waals surface area contributed by atoms with Crippen LogP contribution in [0.15, 0.2) is 48.7 Å². The molecule has 21 heavy (non-hydrogen) atoms. The van der Waals surface area contributed by atoms with Crippen molar-refractivity contribution in [2.24, 2.45) is 0 Å². The van der Waals surface area contributed by atoms with Crippen LogP contribution in [-0.2, 0) is 21.1 Å². The molecule has 1 aromatic carbocycles. The predicted molar refractivity (Wildman–Crippen MR) is 81.1 cm³/mol. The first kappa shape index (κ1) is 20.0. The van der Waals surface area contributed by atoms with Crippen LogP contribution < -0.4 is 0 Å². The van der Waals surface area contributed by atoms with Gasteiger partial charge in [-0.25, -0.2) is 0 Å². The Kier molecular flexibility index (Phi) is 8.02. The largest absolute Gasteiger partial charge is 0.387 e. The van der Waals surface area contributed by atoms with Crippen LogP contribution in [0.3, 0.4) is 0 Å². The minimum Gasteiger partial charge on any atom is -0.387 e. The Bertz CT molecular complexity index is 452. The van der Waals surface area contributed by atoms with Crippen molar-refractivity contribution >= 4 is 0 Å². The molecular formula is C17H22NO2Pt-. The summed E-state index contributed by atoms with van der Waals surface area (Å²) in [5.41, 5.74) is -0.00352. The van der Waals surface area contributed by atoms with E-state index in [2.05, 4.69) is 11.1 Å². The Balaban J connectivity index is 0.000000397. The predicted octanol–water partition coefficient (Wildman–Crippen LogP) is 3.07. The molecule has 4 heteroatoms. The summed E-state index contributed by atoms with van der Waals surface area (Å²) in [6, 6.07) is 16.8. The molecular weight excluding hydrogens is 445 g/mol. The fourth-order valence-electron chi connectivity index (χ4n) is 1.07. The SMILES string of the molecule is CC(C)(O)C(C)(C)O.[Pt].[c-]1ccccc1-c1ccccn1. The molecule has 1 aromatic heterocycles. The van der Waals surface area contributed by atoms with Crippen LogP contribution in [0, 0.1) is 6.07 Å². The smallest absolute Gasteiger partial charge is 0.0872 e. The van der Waals surface area contributed by atoms with Crippen molar-refractivity contribution in [2.75, 3.05) is 0 Å². The standard InChI is InChI=1S/C11H8N.C6H14O2.Pt/c1-2-6-10(7-3-1)11-8-4-5-9-12-11;1-5(2,7)6(3,4)8;/h1-6,8-9H;7-8H,1-4H3;/q-1;;. The summed E-state index contributed by atoms with van der Waals surface area (Å²) >= 11 is 0. The third kappa shape index (κ3) is 6.99. The first-order valence-electron chi connectivity index (χ1n) is 6.55. The first-order chi connectivity index (χ1) is 9.22. The zero-order valence-corrected chi connectivity index (χ0v) is 15.0. The van der Waals surface area contributed by atoms with Gasteiger partial charge in [-0.15, -0.1) is 35.9 Å². The van der Waals surface area contributed by atoms with Crippen LogP contribution in [0.2, 0.25) is 0 Å². The number of hydrogen-bond acceptors (Lipinski definition) is 3.